The highest BCUT2D eigenvalue weighted by Crippen LogP contribution is 2.36. The summed E-state index contributed by atoms with van der Waals surface area (Å²) >= 11 is 1.95. The van der Waals surface area contributed by atoms with E-state index in [0.717, 1.165) is 16.7 Å². The van der Waals surface area contributed by atoms with E-state index in [9.17, 15) is 0 Å². The van der Waals surface area contributed by atoms with E-state index < -0.39 is 0 Å². The van der Waals surface area contributed by atoms with Crippen LogP contribution in [0.2, 0.25) is 0 Å². The Morgan fingerprint density at radius 2 is 2.06 bits per heavy atom. The van der Waals surface area contributed by atoms with Crippen LogP contribution in [0, 0.1) is 0 Å². The molecule has 1 fully saturated rings. The largest absolute Gasteiger partial charge is 0.494 e. The van der Waals surface area contributed by atoms with Crippen LogP contribution in [0.4, 0.5) is 5.69 Å². The second kappa shape index (κ2) is 5.48. The lowest BCUT2D eigenvalue weighted by Crippen LogP contribution is -1.96. The van der Waals surface area contributed by atoms with Crippen LogP contribution >= 0.6 is 11.8 Å². The van der Waals surface area contributed by atoms with E-state index in [2.05, 4.69) is 6.07 Å². The molecule has 1 aromatic rings. The van der Waals surface area contributed by atoms with Gasteiger partial charge in [-0.15, -0.1) is 11.8 Å². The average Bonchev–Trinajstić information content (AvgIpc) is 2.70. The van der Waals surface area contributed by atoms with Gasteiger partial charge in [-0.05, 0) is 31.9 Å². The van der Waals surface area contributed by atoms with Gasteiger partial charge in [0.05, 0.1) is 6.61 Å². The third-order valence-electron chi connectivity index (χ3n) is 2.82. The normalized spacial score (nSPS) is 16.6. The van der Waals surface area contributed by atoms with Gasteiger partial charge >= 0.3 is 0 Å². The Morgan fingerprint density at radius 1 is 1.31 bits per heavy atom. The van der Waals surface area contributed by atoms with Gasteiger partial charge in [0, 0.05) is 21.9 Å². The quantitative estimate of drug-likeness (QED) is 0.811. The second-order valence-corrected chi connectivity index (χ2v) is 5.57. The predicted molar refractivity (Wildman–Crippen MR) is 70.1 cm³/mol. The number of nitrogen functional groups attached to an aromatic ring is 1. The van der Waals surface area contributed by atoms with E-state index in [0.29, 0.717) is 6.61 Å². The number of hydrogen-bond donors (Lipinski definition) is 1. The Bertz CT molecular complexity index is 348. The maximum Gasteiger partial charge on any atom is 0.122 e. The number of hydrogen-bond acceptors (Lipinski definition) is 3. The molecule has 0 saturated heterocycles. The van der Waals surface area contributed by atoms with Gasteiger partial charge in [-0.3, -0.25) is 0 Å². The fourth-order valence-corrected chi connectivity index (χ4v) is 3.45. The molecule has 16 heavy (non-hydrogen) atoms. The average molecular weight is 237 g/mol. The summed E-state index contributed by atoms with van der Waals surface area (Å²) in [7, 11) is 0. The first-order chi connectivity index (χ1) is 7.78. The first-order valence-corrected chi connectivity index (χ1v) is 6.86. The molecule has 0 amide bonds. The van der Waals surface area contributed by atoms with Crippen molar-refractivity contribution in [2.24, 2.45) is 0 Å². The van der Waals surface area contributed by atoms with Crippen LogP contribution < -0.4 is 10.5 Å². The maximum atomic E-state index is 5.87. The highest BCUT2D eigenvalue weighted by Gasteiger charge is 2.16. The molecule has 1 aromatic carbocycles. The van der Waals surface area contributed by atoms with Crippen LogP contribution in [-0.4, -0.2) is 11.9 Å². The number of benzene rings is 1. The monoisotopic (exact) mass is 237 g/mol. The molecule has 3 heteroatoms. The minimum Gasteiger partial charge on any atom is -0.494 e. The van der Waals surface area contributed by atoms with Crippen molar-refractivity contribution in [3.63, 3.8) is 0 Å². The highest BCUT2D eigenvalue weighted by atomic mass is 32.2. The molecule has 1 saturated carbocycles. The smallest absolute Gasteiger partial charge is 0.122 e. The van der Waals surface area contributed by atoms with Gasteiger partial charge < -0.3 is 10.5 Å². The predicted octanol–water partition coefficient (Wildman–Crippen LogP) is 3.70. The zero-order valence-electron chi connectivity index (χ0n) is 9.74. The maximum absolute atomic E-state index is 5.87. The fraction of sp³-hybridized carbons (Fsp3) is 0.538. The summed E-state index contributed by atoms with van der Waals surface area (Å²) < 4.78 is 5.50. The number of nitrogens with two attached hydrogens (primary N) is 1. The van der Waals surface area contributed by atoms with Gasteiger partial charge in [-0.2, -0.15) is 0 Å². The summed E-state index contributed by atoms with van der Waals surface area (Å²) in [5.74, 6) is 0.892. The minimum atomic E-state index is 0.691. The summed E-state index contributed by atoms with van der Waals surface area (Å²) in [5.41, 5.74) is 6.67. The van der Waals surface area contributed by atoms with Crippen molar-refractivity contribution in [1.82, 2.24) is 0 Å². The Balaban J connectivity index is 2.06. The van der Waals surface area contributed by atoms with Crippen LogP contribution in [0.15, 0.2) is 23.1 Å². The number of anilines is 1. The summed E-state index contributed by atoms with van der Waals surface area (Å²) in [6.07, 6.45) is 5.42. The van der Waals surface area contributed by atoms with Crippen LogP contribution in [-0.2, 0) is 0 Å². The van der Waals surface area contributed by atoms with Gasteiger partial charge in [0.2, 0.25) is 0 Å². The molecule has 0 bridgehead atoms. The van der Waals surface area contributed by atoms with Gasteiger partial charge in [0.15, 0.2) is 0 Å². The van der Waals surface area contributed by atoms with Crippen molar-refractivity contribution in [3.05, 3.63) is 18.2 Å². The zero-order valence-corrected chi connectivity index (χ0v) is 10.6. The molecular formula is C13H19NOS. The molecule has 0 spiro atoms. The molecule has 88 valence electrons. The van der Waals surface area contributed by atoms with Crippen molar-refractivity contribution < 1.29 is 4.74 Å². The van der Waals surface area contributed by atoms with E-state index in [1.807, 2.05) is 30.8 Å². The molecule has 0 unspecified atom stereocenters. The SMILES string of the molecule is CCOc1cc(N)cc(SC2CCCC2)c1. The highest BCUT2D eigenvalue weighted by molar-refractivity contribution is 8.00. The molecule has 0 heterocycles. The van der Waals surface area contributed by atoms with Gasteiger partial charge in [-0.25, -0.2) is 0 Å². The van der Waals surface area contributed by atoms with Gasteiger partial charge in [0.1, 0.15) is 5.75 Å². The standard InChI is InChI=1S/C13H19NOS/c1-2-15-11-7-10(14)8-13(9-11)16-12-5-3-4-6-12/h7-9,12H,2-6,14H2,1H3. The van der Waals surface area contributed by atoms with Gasteiger partial charge in [-0.1, -0.05) is 12.8 Å². The molecule has 0 radical (unpaired) electrons. The lowest BCUT2D eigenvalue weighted by Gasteiger charge is -2.11. The Labute approximate surface area is 102 Å². The van der Waals surface area contributed by atoms with E-state index in [1.165, 1.54) is 30.6 Å². The first kappa shape index (κ1) is 11.6. The van der Waals surface area contributed by atoms with Crippen molar-refractivity contribution in [2.45, 2.75) is 42.8 Å². The van der Waals surface area contributed by atoms with Crippen LogP contribution in [0.3, 0.4) is 0 Å². The van der Waals surface area contributed by atoms with Crippen molar-refractivity contribution in [1.29, 1.82) is 0 Å². The van der Waals surface area contributed by atoms with Crippen LogP contribution in [0.25, 0.3) is 0 Å². The third-order valence-corrected chi connectivity index (χ3v) is 4.13. The summed E-state index contributed by atoms with van der Waals surface area (Å²) in [6, 6.07) is 6.04. The van der Waals surface area contributed by atoms with Crippen LogP contribution in [0.5, 0.6) is 5.75 Å². The third kappa shape index (κ3) is 3.08. The molecule has 2 nitrogen and oxygen atoms in total. The molecule has 2 rings (SSSR count). The van der Waals surface area contributed by atoms with Crippen molar-refractivity contribution >= 4 is 17.4 Å². The van der Waals surface area contributed by atoms with E-state index >= 15 is 0 Å². The Hall–Kier alpha value is -0.830. The first-order valence-electron chi connectivity index (χ1n) is 5.98. The van der Waals surface area contributed by atoms with E-state index in [-0.39, 0.29) is 0 Å². The topological polar surface area (TPSA) is 35.2 Å². The van der Waals surface area contributed by atoms with E-state index in [4.69, 9.17) is 10.5 Å². The lowest BCUT2D eigenvalue weighted by atomic mass is 10.3. The molecule has 0 atom stereocenters. The second-order valence-electron chi connectivity index (χ2n) is 4.20. The number of thioether (sulfide) groups is 1. The number of ether oxygens (including phenoxy) is 1. The lowest BCUT2D eigenvalue weighted by molar-refractivity contribution is 0.339. The number of rotatable bonds is 4. The summed E-state index contributed by atoms with van der Waals surface area (Å²) in [4.78, 5) is 1.25. The molecule has 1 aliphatic rings. The summed E-state index contributed by atoms with van der Waals surface area (Å²) in [6.45, 7) is 2.68. The Morgan fingerprint density at radius 3 is 2.75 bits per heavy atom. The molecule has 1 aliphatic carbocycles. The Kier molecular flexibility index (Phi) is 3.99. The zero-order chi connectivity index (χ0) is 11.4. The molecule has 0 aliphatic heterocycles. The molecule has 0 aromatic heterocycles. The van der Waals surface area contributed by atoms with Crippen LogP contribution in [0.1, 0.15) is 32.6 Å². The van der Waals surface area contributed by atoms with E-state index in [1.54, 1.807) is 0 Å². The van der Waals surface area contributed by atoms with Crippen molar-refractivity contribution in [3.8, 4) is 5.75 Å². The summed E-state index contributed by atoms with van der Waals surface area (Å²) in [5, 5.41) is 0.774. The van der Waals surface area contributed by atoms with Gasteiger partial charge in [0.25, 0.3) is 0 Å². The molecule has 2 N–H and O–H groups in total. The minimum absolute atomic E-state index is 0.691. The molecular weight excluding hydrogens is 218 g/mol. The fourth-order valence-electron chi connectivity index (χ4n) is 2.11. The van der Waals surface area contributed by atoms with Crippen molar-refractivity contribution in [2.75, 3.05) is 12.3 Å².